The van der Waals surface area contributed by atoms with Gasteiger partial charge in [0.2, 0.25) is 5.91 Å². The minimum atomic E-state index is -0.250. The molecule has 0 spiro atoms. The lowest BCUT2D eigenvalue weighted by molar-refractivity contribution is -0.120. The highest BCUT2D eigenvalue weighted by atomic mass is 16.1. The fourth-order valence-electron chi connectivity index (χ4n) is 1.75. The van der Waals surface area contributed by atoms with Crippen LogP contribution < -0.4 is 11.1 Å². The maximum absolute atomic E-state index is 10.7. The zero-order chi connectivity index (χ0) is 6.48. The molecule has 1 saturated carbocycles. The zero-order valence-electron chi connectivity index (χ0n) is 5.18. The van der Waals surface area contributed by atoms with Gasteiger partial charge in [-0.15, -0.1) is 0 Å². The average Bonchev–Trinajstić information content (AvgIpc) is 2.38. The van der Waals surface area contributed by atoms with Crippen LogP contribution >= 0.6 is 0 Å². The summed E-state index contributed by atoms with van der Waals surface area (Å²) in [6, 6.07) is 0. The third kappa shape index (κ3) is 0.477. The molecule has 3 nitrogen and oxygen atoms in total. The second-order valence-corrected chi connectivity index (χ2v) is 2.95. The quantitative estimate of drug-likeness (QED) is 0.484. The molecule has 0 bridgehead atoms. The maximum Gasteiger partial charge on any atom is 0.238 e. The van der Waals surface area contributed by atoms with Gasteiger partial charge in [-0.2, -0.15) is 0 Å². The number of fused-ring (bicyclic) bond motifs is 1. The van der Waals surface area contributed by atoms with Gasteiger partial charge < -0.3 is 11.1 Å². The van der Waals surface area contributed by atoms with Gasteiger partial charge in [0.05, 0.1) is 0 Å². The fourth-order valence-corrected chi connectivity index (χ4v) is 1.75. The minimum absolute atomic E-state index is 0.162. The van der Waals surface area contributed by atoms with Gasteiger partial charge in [0.25, 0.3) is 0 Å². The Labute approximate surface area is 53.6 Å². The monoisotopic (exact) mass is 126 g/mol. The van der Waals surface area contributed by atoms with Crippen molar-refractivity contribution in [1.29, 1.82) is 0 Å². The van der Waals surface area contributed by atoms with E-state index in [0.717, 1.165) is 19.4 Å². The summed E-state index contributed by atoms with van der Waals surface area (Å²) >= 11 is 0. The second-order valence-electron chi connectivity index (χ2n) is 2.95. The molecule has 2 aliphatic rings. The number of hydrogen-bond donors (Lipinski definition) is 2. The zero-order valence-corrected chi connectivity index (χ0v) is 5.18. The van der Waals surface area contributed by atoms with E-state index in [-0.39, 0.29) is 11.4 Å². The average molecular weight is 126 g/mol. The first-order chi connectivity index (χ1) is 4.26. The number of carbonyl (C=O) groups is 1. The molecule has 1 aliphatic heterocycles. The SMILES string of the molecule is NC(=O)[C@]12C[C@H]1CCN2. The van der Waals surface area contributed by atoms with Crippen LogP contribution in [0, 0.1) is 5.92 Å². The summed E-state index contributed by atoms with van der Waals surface area (Å²) in [7, 11) is 0. The molecule has 1 heterocycles. The first kappa shape index (κ1) is 5.23. The number of hydrogen-bond acceptors (Lipinski definition) is 2. The van der Waals surface area contributed by atoms with Crippen LogP contribution in [0.3, 0.4) is 0 Å². The summed E-state index contributed by atoms with van der Waals surface area (Å²) in [5.41, 5.74) is 4.92. The highest BCUT2D eigenvalue weighted by Gasteiger charge is 2.61. The number of amides is 1. The molecule has 0 aromatic rings. The molecule has 0 radical (unpaired) electrons. The summed E-state index contributed by atoms with van der Waals surface area (Å²) in [6.45, 7) is 0.966. The van der Waals surface area contributed by atoms with Gasteiger partial charge in [0, 0.05) is 0 Å². The van der Waals surface area contributed by atoms with E-state index < -0.39 is 0 Å². The third-order valence-corrected chi connectivity index (χ3v) is 2.48. The van der Waals surface area contributed by atoms with Crippen LogP contribution in [-0.2, 0) is 4.79 Å². The predicted octanol–water partition coefficient (Wildman–Crippen LogP) is -0.776. The largest absolute Gasteiger partial charge is 0.368 e. The van der Waals surface area contributed by atoms with Crippen LogP contribution in [0.1, 0.15) is 12.8 Å². The first-order valence-corrected chi connectivity index (χ1v) is 3.31. The lowest BCUT2D eigenvalue weighted by Crippen LogP contribution is -2.41. The smallest absolute Gasteiger partial charge is 0.238 e. The molecule has 9 heavy (non-hydrogen) atoms. The van der Waals surface area contributed by atoms with Crippen LogP contribution in [-0.4, -0.2) is 18.0 Å². The molecule has 0 aromatic heterocycles. The lowest BCUT2D eigenvalue weighted by Gasteiger charge is -2.05. The van der Waals surface area contributed by atoms with Crippen molar-refractivity contribution in [2.24, 2.45) is 11.7 Å². The van der Waals surface area contributed by atoms with Crippen molar-refractivity contribution < 1.29 is 4.79 Å². The van der Waals surface area contributed by atoms with E-state index in [0.29, 0.717) is 5.92 Å². The number of rotatable bonds is 1. The summed E-state index contributed by atoms with van der Waals surface area (Å²) < 4.78 is 0. The molecule has 3 N–H and O–H groups in total. The fraction of sp³-hybridized carbons (Fsp3) is 0.833. The number of carbonyl (C=O) groups excluding carboxylic acids is 1. The molecule has 3 heteroatoms. The topological polar surface area (TPSA) is 55.1 Å². The van der Waals surface area contributed by atoms with E-state index in [2.05, 4.69) is 5.32 Å². The van der Waals surface area contributed by atoms with E-state index in [9.17, 15) is 4.79 Å². The van der Waals surface area contributed by atoms with Gasteiger partial charge >= 0.3 is 0 Å². The lowest BCUT2D eigenvalue weighted by atomic mass is 10.2. The Morgan fingerprint density at radius 3 is 2.78 bits per heavy atom. The van der Waals surface area contributed by atoms with E-state index in [1.165, 1.54) is 0 Å². The summed E-state index contributed by atoms with van der Waals surface area (Å²) in [5, 5.41) is 3.13. The van der Waals surface area contributed by atoms with Crippen LogP contribution in [0.4, 0.5) is 0 Å². The third-order valence-electron chi connectivity index (χ3n) is 2.48. The second kappa shape index (κ2) is 1.29. The maximum atomic E-state index is 10.7. The van der Waals surface area contributed by atoms with Crippen molar-refractivity contribution in [2.45, 2.75) is 18.4 Å². The molecule has 1 saturated heterocycles. The molecule has 1 aliphatic carbocycles. The van der Waals surface area contributed by atoms with Crippen LogP contribution in [0.25, 0.3) is 0 Å². The van der Waals surface area contributed by atoms with Crippen molar-refractivity contribution in [3.8, 4) is 0 Å². The molecule has 0 aromatic carbocycles. The Kier molecular flexibility index (Phi) is 0.750. The van der Waals surface area contributed by atoms with Crippen LogP contribution in [0.5, 0.6) is 0 Å². The first-order valence-electron chi connectivity index (χ1n) is 3.31. The van der Waals surface area contributed by atoms with Crippen molar-refractivity contribution in [1.82, 2.24) is 5.32 Å². The van der Waals surface area contributed by atoms with Gasteiger partial charge in [-0.1, -0.05) is 0 Å². The van der Waals surface area contributed by atoms with E-state index >= 15 is 0 Å². The molecule has 1 amide bonds. The van der Waals surface area contributed by atoms with Gasteiger partial charge in [-0.3, -0.25) is 4.79 Å². The molecular weight excluding hydrogens is 116 g/mol. The Morgan fingerprint density at radius 2 is 2.56 bits per heavy atom. The van der Waals surface area contributed by atoms with Gasteiger partial charge in [0.1, 0.15) is 5.54 Å². The van der Waals surface area contributed by atoms with Crippen molar-refractivity contribution in [2.75, 3.05) is 6.54 Å². The van der Waals surface area contributed by atoms with Crippen LogP contribution in [0.15, 0.2) is 0 Å². The molecule has 0 unspecified atom stereocenters. The Hall–Kier alpha value is -0.570. The van der Waals surface area contributed by atoms with Gasteiger partial charge in [-0.05, 0) is 25.3 Å². The summed E-state index contributed by atoms with van der Waals surface area (Å²) in [5.74, 6) is 0.403. The van der Waals surface area contributed by atoms with Crippen molar-refractivity contribution >= 4 is 5.91 Å². The highest BCUT2D eigenvalue weighted by Crippen LogP contribution is 2.49. The minimum Gasteiger partial charge on any atom is -0.368 e. The number of piperidine rings is 1. The van der Waals surface area contributed by atoms with Crippen LogP contribution in [0.2, 0.25) is 0 Å². The van der Waals surface area contributed by atoms with Crippen molar-refractivity contribution in [3.05, 3.63) is 0 Å². The predicted molar refractivity (Wildman–Crippen MR) is 32.7 cm³/mol. The molecule has 2 rings (SSSR count). The molecular formula is C6H10N2O. The van der Waals surface area contributed by atoms with E-state index in [1.807, 2.05) is 0 Å². The normalized spacial score (nSPS) is 46.4. The van der Waals surface area contributed by atoms with Crippen molar-refractivity contribution in [3.63, 3.8) is 0 Å². The summed E-state index contributed by atoms with van der Waals surface area (Å²) in [4.78, 5) is 10.7. The molecule has 50 valence electrons. The van der Waals surface area contributed by atoms with Gasteiger partial charge in [0.15, 0.2) is 0 Å². The molecule has 2 atom stereocenters. The number of primary amides is 1. The standard InChI is InChI=1S/C6H10N2O/c7-5(9)6-3-4(6)1-2-8-6/h4,8H,1-3H2,(H2,7,9)/t4-,6+/m1/s1. The Balaban J connectivity index is 2.19. The molecule has 2 fully saturated rings. The number of nitrogens with one attached hydrogen (secondary N) is 1. The van der Waals surface area contributed by atoms with E-state index in [1.54, 1.807) is 0 Å². The number of nitrogens with two attached hydrogens (primary N) is 1. The summed E-state index contributed by atoms with van der Waals surface area (Å²) in [6.07, 6.45) is 2.10. The van der Waals surface area contributed by atoms with Gasteiger partial charge in [-0.25, -0.2) is 0 Å². The Morgan fingerprint density at radius 1 is 1.78 bits per heavy atom. The highest BCUT2D eigenvalue weighted by molar-refractivity contribution is 5.89. The Bertz CT molecular complexity index is 168. The van der Waals surface area contributed by atoms with E-state index in [4.69, 9.17) is 5.73 Å².